The number of rotatable bonds is 7. The summed E-state index contributed by atoms with van der Waals surface area (Å²) in [5.74, 6) is 0. The number of aromatic nitrogens is 2. The zero-order valence-corrected chi connectivity index (χ0v) is 21.2. The highest BCUT2D eigenvalue weighted by molar-refractivity contribution is 7.91. The van der Waals surface area contributed by atoms with Gasteiger partial charge in [-0.2, -0.15) is 0 Å². The van der Waals surface area contributed by atoms with E-state index in [0.717, 1.165) is 30.7 Å². The van der Waals surface area contributed by atoms with Crippen molar-refractivity contribution in [3.63, 3.8) is 0 Å². The SMILES string of the molecule is CN(CCN(C)c1nc2ccc(S(C)(=O)=O)cc2s1)c1nc2ccc(S(C)(=O)=O)cc2s1. The molecule has 2 heterocycles. The van der Waals surface area contributed by atoms with Crippen molar-refractivity contribution in [1.82, 2.24) is 9.97 Å². The van der Waals surface area contributed by atoms with E-state index >= 15 is 0 Å². The molecule has 0 bridgehead atoms. The maximum atomic E-state index is 11.8. The lowest BCUT2D eigenvalue weighted by Crippen LogP contribution is -2.30. The van der Waals surface area contributed by atoms with Gasteiger partial charge in [-0.05, 0) is 36.4 Å². The van der Waals surface area contributed by atoms with E-state index in [4.69, 9.17) is 0 Å². The number of benzene rings is 2. The molecule has 32 heavy (non-hydrogen) atoms. The van der Waals surface area contributed by atoms with Gasteiger partial charge in [0.15, 0.2) is 29.9 Å². The van der Waals surface area contributed by atoms with Crippen LogP contribution in [0.5, 0.6) is 0 Å². The Labute approximate surface area is 195 Å². The first-order valence-electron chi connectivity index (χ1n) is 9.55. The van der Waals surface area contributed by atoms with Gasteiger partial charge in [0.1, 0.15) is 0 Å². The Bertz CT molecular complexity index is 1410. The van der Waals surface area contributed by atoms with Gasteiger partial charge in [-0.15, -0.1) is 0 Å². The highest BCUT2D eigenvalue weighted by atomic mass is 32.2. The fraction of sp³-hybridized carbons (Fsp3) is 0.300. The van der Waals surface area contributed by atoms with Crippen LogP contribution in [0.2, 0.25) is 0 Å². The van der Waals surface area contributed by atoms with Crippen molar-refractivity contribution in [3.05, 3.63) is 36.4 Å². The average Bonchev–Trinajstić information content (AvgIpc) is 3.33. The fourth-order valence-corrected chi connectivity index (χ4v) is 6.49. The summed E-state index contributed by atoms with van der Waals surface area (Å²) >= 11 is 2.91. The number of hydrogen-bond donors (Lipinski definition) is 0. The van der Waals surface area contributed by atoms with E-state index in [0.29, 0.717) is 13.1 Å². The van der Waals surface area contributed by atoms with Crippen LogP contribution in [0.15, 0.2) is 46.2 Å². The topological polar surface area (TPSA) is 101 Å². The molecule has 0 amide bonds. The van der Waals surface area contributed by atoms with E-state index in [1.165, 1.54) is 35.2 Å². The molecule has 0 aliphatic heterocycles. The second-order valence-electron chi connectivity index (χ2n) is 7.64. The Balaban J connectivity index is 1.48. The first kappa shape index (κ1) is 22.9. The van der Waals surface area contributed by atoms with Gasteiger partial charge in [-0.1, -0.05) is 22.7 Å². The molecule has 0 saturated carbocycles. The monoisotopic (exact) mass is 510 g/mol. The van der Waals surface area contributed by atoms with Crippen molar-refractivity contribution in [2.75, 3.05) is 49.5 Å². The maximum absolute atomic E-state index is 11.8. The molecule has 0 fully saturated rings. The molecule has 2 aromatic heterocycles. The standard InChI is InChI=1S/C20H22N4O4S4/c1-23(19-21-15-7-5-13(31(3,25)26)11-17(15)29-19)9-10-24(2)20-22-16-8-6-14(32(4,27)28)12-18(16)30-20/h5-8,11-12H,9-10H2,1-4H3. The van der Waals surface area contributed by atoms with Crippen LogP contribution in [-0.4, -0.2) is 66.5 Å². The summed E-state index contributed by atoms with van der Waals surface area (Å²) in [5, 5.41) is 1.61. The third kappa shape index (κ3) is 4.72. The largest absolute Gasteiger partial charge is 0.349 e. The molecule has 170 valence electrons. The Hall–Kier alpha value is -2.28. The van der Waals surface area contributed by atoms with Gasteiger partial charge >= 0.3 is 0 Å². The van der Waals surface area contributed by atoms with E-state index in [9.17, 15) is 16.8 Å². The van der Waals surface area contributed by atoms with Crippen molar-refractivity contribution in [1.29, 1.82) is 0 Å². The molecule has 8 nitrogen and oxygen atoms in total. The summed E-state index contributed by atoms with van der Waals surface area (Å²) in [5.41, 5.74) is 1.54. The number of nitrogens with zero attached hydrogens (tertiary/aromatic N) is 4. The molecule has 2 aromatic carbocycles. The van der Waals surface area contributed by atoms with Crippen LogP contribution >= 0.6 is 22.7 Å². The van der Waals surface area contributed by atoms with Gasteiger partial charge in [0.2, 0.25) is 0 Å². The lowest BCUT2D eigenvalue weighted by atomic mass is 10.3. The van der Waals surface area contributed by atoms with Crippen LogP contribution < -0.4 is 9.80 Å². The first-order chi connectivity index (χ1) is 14.9. The van der Waals surface area contributed by atoms with Crippen LogP contribution in [0.3, 0.4) is 0 Å². The summed E-state index contributed by atoms with van der Waals surface area (Å²) < 4.78 is 48.8. The van der Waals surface area contributed by atoms with Crippen molar-refractivity contribution in [2.24, 2.45) is 0 Å². The zero-order chi connectivity index (χ0) is 23.3. The summed E-state index contributed by atoms with van der Waals surface area (Å²) in [6.07, 6.45) is 2.39. The Morgan fingerprint density at radius 1 is 0.719 bits per heavy atom. The average molecular weight is 511 g/mol. The molecule has 0 saturated heterocycles. The van der Waals surface area contributed by atoms with Crippen molar-refractivity contribution >= 4 is 73.0 Å². The van der Waals surface area contributed by atoms with E-state index in [1.54, 1.807) is 36.4 Å². The highest BCUT2D eigenvalue weighted by Crippen LogP contribution is 2.31. The molecule has 0 N–H and O–H groups in total. The molecular weight excluding hydrogens is 489 g/mol. The third-order valence-corrected chi connectivity index (χ3v) is 9.46. The maximum Gasteiger partial charge on any atom is 0.186 e. The lowest BCUT2D eigenvalue weighted by Gasteiger charge is -2.21. The minimum atomic E-state index is -3.26. The Kier molecular flexibility index (Phi) is 5.90. The van der Waals surface area contributed by atoms with Crippen LogP contribution in [0.4, 0.5) is 10.3 Å². The molecule has 0 unspecified atom stereocenters. The second kappa shape index (κ2) is 8.25. The quantitative estimate of drug-likeness (QED) is 0.373. The summed E-state index contributed by atoms with van der Waals surface area (Å²) in [6, 6.07) is 9.96. The van der Waals surface area contributed by atoms with Crippen LogP contribution in [0.25, 0.3) is 20.4 Å². The number of likely N-dealkylation sites (N-methyl/N-ethyl adjacent to an activating group) is 2. The van der Waals surface area contributed by atoms with Crippen LogP contribution in [0.1, 0.15) is 0 Å². The summed E-state index contributed by atoms with van der Waals surface area (Å²) in [4.78, 5) is 13.9. The number of fused-ring (bicyclic) bond motifs is 2. The number of sulfone groups is 2. The van der Waals surface area contributed by atoms with Crippen molar-refractivity contribution in [3.8, 4) is 0 Å². The normalized spacial score (nSPS) is 12.5. The minimum Gasteiger partial charge on any atom is -0.349 e. The lowest BCUT2D eigenvalue weighted by molar-refractivity contribution is 0.600. The van der Waals surface area contributed by atoms with Crippen LogP contribution in [0, 0.1) is 0 Å². The van der Waals surface area contributed by atoms with Crippen molar-refractivity contribution < 1.29 is 16.8 Å². The van der Waals surface area contributed by atoms with Gasteiger partial charge in [0.05, 0.1) is 30.2 Å². The fourth-order valence-electron chi connectivity index (χ4n) is 3.06. The van der Waals surface area contributed by atoms with E-state index in [-0.39, 0.29) is 9.79 Å². The van der Waals surface area contributed by atoms with Gasteiger partial charge in [0, 0.05) is 39.7 Å². The third-order valence-electron chi connectivity index (χ3n) is 4.98. The van der Waals surface area contributed by atoms with Crippen LogP contribution in [-0.2, 0) is 19.7 Å². The molecule has 4 aromatic rings. The molecular formula is C20H22N4O4S4. The summed E-state index contributed by atoms with van der Waals surface area (Å²) in [7, 11) is -2.63. The molecule has 0 aliphatic carbocycles. The number of thiazole rings is 2. The minimum absolute atomic E-state index is 0.289. The zero-order valence-electron chi connectivity index (χ0n) is 17.9. The van der Waals surface area contributed by atoms with Gasteiger partial charge in [-0.3, -0.25) is 0 Å². The first-order valence-corrected chi connectivity index (χ1v) is 15.0. The highest BCUT2D eigenvalue weighted by Gasteiger charge is 2.15. The predicted molar refractivity (Wildman–Crippen MR) is 132 cm³/mol. The Morgan fingerprint density at radius 3 is 1.44 bits per heavy atom. The molecule has 4 rings (SSSR count). The van der Waals surface area contributed by atoms with Gasteiger partial charge in [-0.25, -0.2) is 26.8 Å². The molecule has 0 atom stereocenters. The van der Waals surface area contributed by atoms with Crippen molar-refractivity contribution in [2.45, 2.75) is 9.79 Å². The van der Waals surface area contributed by atoms with E-state index in [1.807, 2.05) is 23.9 Å². The molecule has 0 spiro atoms. The number of anilines is 2. The Morgan fingerprint density at radius 2 is 1.09 bits per heavy atom. The van der Waals surface area contributed by atoms with Gasteiger partial charge in [0.25, 0.3) is 0 Å². The number of hydrogen-bond acceptors (Lipinski definition) is 10. The summed E-state index contributed by atoms with van der Waals surface area (Å²) in [6.45, 7) is 1.36. The molecule has 0 aliphatic rings. The van der Waals surface area contributed by atoms with E-state index in [2.05, 4.69) is 9.97 Å². The molecule has 12 heteroatoms. The second-order valence-corrected chi connectivity index (χ2v) is 13.7. The molecule has 0 radical (unpaired) electrons. The predicted octanol–water partition coefficient (Wildman–Crippen LogP) is 3.29. The van der Waals surface area contributed by atoms with E-state index < -0.39 is 19.7 Å². The smallest absolute Gasteiger partial charge is 0.186 e. The van der Waals surface area contributed by atoms with Gasteiger partial charge < -0.3 is 9.80 Å².